The molecule has 1 N–H and O–H groups in total. The number of hydrogen-bond acceptors (Lipinski definition) is 12. The molecule has 1 unspecified atom stereocenters. The summed E-state index contributed by atoms with van der Waals surface area (Å²) in [7, 11) is 0. The molecule has 4 aliphatic rings. The molecule has 3 fully saturated rings. The van der Waals surface area contributed by atoms with Crippen LogP contribution in [0.4, 0.5) is 0 Å². The molecule has 0 radical (unpaired) electrons. The standard InChI is InChI=1S/C30H42O12/c1-9-10-23(35)40-20-11-14(2)12-22-30(29(8,42-30)27(36)41-22)26(39-18(6)33)24-15(3)19(34)13-21(37-16(4)31)28(24,7)25(20)38-17(5)32/h12,15,19-22,24-26,34H,9-11,13H2,1-8H3/b14-12-/t15-,19-,20-,21-,22-,24+,25+,26+,28-,29?,30-/m0/s1. The van der Waals surface area contributed by atoms with Gasteiger partial charge in [0.15, 0.2) is 17.3 Å². The van der Waals surface area contributed by atoms with E-state index >= 15 is 0 Å². The van der Waals surface area contributed by atoms with Gasteiger partial charge in [0.05, 0.1) is 11.5 Å². The molecule has 2 aliphatic heterocycles. The smallest absolute Gasteiger partial charge is 0.342 e. The van der Waals surface area contributed by atoms with E-state index in [2.05, 4.69) is 0 Å². The zero-order valence-corrected chi connectivity index (χ0v) is 25.5. The first-order valence-electron chi connectivity index (χ1n) is 14.5. The number of aliphatic hydroxyl groups is 1. The van der Waals surface area contributed by atoms with Gasteiger partial charge in [-0.15, -0.1) is 0 Å². The Morgan fingerprint density at radius 1 is 1.00 bits per heavy atom. The van der Waals surface area contributed by atoms with E-state index in [4.69, 9.17) is 28.4 Å². The van der Waals surface area contributed by atoms with Crippen molar-refractivity contribution in [3.63, 3.8) is 0 Å². The number of fused-ring (bicyclic) bond motifs is 1. The van der Waals surface area contributed by atoms with Crippen LogP contribution >= 0.6 is 0 Å². The Hall–Kier alpha value is -2.99. The van der Waals surface area contributed by atoms with Gasteiger partial charge in [0.2, 0.25) is 0 Å². The minimum Gasteiger partial charge on any atom is -0.462 e. The van der Waals surface area contributed by atoms with E-state index in [-0.39, 0.29) is 19.3 Å². The SMILES string of the molecule is CCCC(=O)O[C@H]1C/C(C)=C\[C@@H]2OC(=O)C3(C)O[C@]23[C@H](OC(C)=O)[C@H]2[C@@H](C)[C@@H](O)C[C@H](OC(C)=O)[C@]2(C)[C@@H]1OC(C)=O. The van der Waals surface area contributed by atoms with E-state index < -0.39 is 94.9 Å². The van der Waals surface area contributed by atoms with Gasteiger partial charge in [0.25, 0.3) is 0 Å². The second-order valence-corrected chi connectivity index (χ2v) is 12.5. The molecular formula is C30H42O12. The van der Waals surface area contributed by atoms with Gasteiger partial charge in [-0.1, -0.05) is 26.3 Å². The van der Waals surface area contributed by atoms with Crippen molar-refractivity contribution in [1.29, 1.82) is 0 Å². The number of carbonyl (C=O) groups excluding carboxylic acids is 5. The van der Waals surface area contributed by atoms with E-state index in [1.807, 2.05) is 6.92 Å². The molecule has 2 heterocycles. The van der Waals surface area contributed by atoms with Crippen molar-refractivity contribution in [2.45, 2.75) is 129 Å². The van der Waals surface area contributed by atoms with Gasteiger partial charge in [-0.25, -0.2) is 4.79 Å². The van der Waals surface area contributed by atoms with Gasteiger partial charge in [-0.2, -0.15) is 0 Å². The number of esters is 5. The molecule has 42 heavy (non-hydrogen) atoms. The van der Waals surface area contributed by atoms with Crippen molar-refractivity contribution < 1.29 is 57.5 Å². The summed E-state index contributed by atoms with van der Waals surface area (Å²) in [6.07, 6.45) is -4.30. The maximum atomic E-state index is 13.1. The minimum absolute atomic E-state index is 0.0350. The van der Waals surface area contributed by atoms with Crippen molar-refractivity contribution >= 4 is 29.8 Å². The zero-order valence-electron chi connectivity index (χ0n) is 25.5. The summed E-state index contributed by atoms with van der Waals surface area (Å²) in [6.45, 7) is 12.2. The Labute approximate surface area is 245 Å². The van der Waals surface area contributed by atoms with E-state index in [1.54, 1.807) is 33.8 Å². The average molecular weight is 595 g/mol. The third-order valence-electron chi connectivity index (χ3n) is 9.45. The minimum atomic E-state index is -1.48. The predicted molar refractivity (Wildman–Crippen MR) is 143 cm³/mol. The van der Waals surface area contributed by atoms with Crippen LogP contribution in [-0.2, 0) is 52.4 Å². The zero-order chi connectivity index (χ0) is 31.4. The van der Waals surface area contributed by atoms with Gasteiger partial charge < -0.3 is 33.5 Å². The first-order valence-corrected chi connectivity index (χ1v) is 14.5. The molecule has 0 amide bonds. The fraction of sp³-hybridized carbons (Fsp3) is 0.767. The van der Waals surface area contributed by atoms with Crippen LogP contribution in [0, 0.1) is 17.3 Å². The Morgan fingerprint density at radius 2 is 1.60 bits per heavy atom. The van der Waals surface area contributed by atoms with Gasteiger partial charge >= 0.3 is 29.8 Å². The molecule has 11 atom stereocenters. The van der Waals surface area contributed by atoms with Crippen LogP contribution in [0.5, 0.6) is 0 Å². The summed E-state index contributed by atoms with van der Waals surface area (Å²) in [6, 6.07) is 0. The van der Waals surface area contributed by atoms with E-state index in [0.29, 0.717) is 12.0 Å². The Kier molecular flexibility index (Phi) is 8.56. The van der Waals surface area contributed by atoms with Crippen LogP contribution < -0.4 is 0 Å². The first-order chi connectivity index (χ1) is 19.5. The quantitative estimate of drug-likeness (QED) is 0.207. The molecule has 0 aromatic carbocycles. The maximum absolute atomic E-state index is 13.1. The molecule has 2 saturated heterocycles. The van der Waals surface area contributed by atoms with Crippen molar-refractivity contribution in [1.82, 2.24) is 0 Å². The van der Waals surface area contributed by atoms with Crippen LogP contribution in [0.25, 0.3) is 0 Å². The predicted octanol–water partition coefficient (Wildman–Crippen LogP) is 2.32. The lowest BCUT2D eigenvalue weighted by atomic mass is 9.53. The number of ether oxygens (including phenoxy) is 6. The van der Waals surface area contributed by atoms with E-state index in [0.717, 1.165) is 0 Å². The number of epoxide rings is 1. The van der Waals surface area contributed by atoms with Crippen molar-refractivity contribution in [2.24, 2.45) is 17.3 Å². The summed E-state index contributed by atoms with van der Waals surface area (Å²) in [5.41, 5.74) is -3.75. The molecule has 2 aliphatic carbocycles. The molecule has 0 aromatic heterocycles. The molecular weight excluding hydrogens is 552 g/mol. The highest BCUT2D eigenvalue weighted by Crippen LogP contribution is 2.65. The van der Waals surface area contributed by atoms with Crippen LogP contribution in [0.15, 0.2) is 11.6 Å². The Morgan fingerprint density at radius 3 is 2.14 bits per heavy atom. The summed E-state index contributed by atoms with van der Waals surface area (Å²) in [5.74, 6) is -4.78. The van der Waals surface area contributed by atoms with Gasteiger partial charge in [0, 0.05) is 46.0 Å². The maximum Gasteiger partial charge on any atom is 0.342 e. The molecule has 0 bridgehead atoms. The van der Waals surface area contributed by atoms with Crippen LogP contribution in [0.2, 0.25) is 0 Å². The molecule has 1 spiro atoms. The molecule has 12 nitrogen and oxygen atoms in total. The normalized spacial score (nSPS) is 43.6. The highest BCUT2D eigenvalue weighted by atomic mass is 16.7. The van der Waals surface area contributed by atoms with E-state index in [1.165, 1.54) is 20.8 Å². The fourth-order valence-corrected chi connectivity index (χ4v) is 7.54. The van der Waals surface area contributed by atoms with Crippen LogP contribution in [0.1, 0.15) is 81.1 Å². The molecule has 234 valence electrons. The summed E-state index contributed by atoms with van der Waals surface area (Å²) in [5, 5.41) is 11.3. The molecule has 0 aromatic rings. The highest BCUT2D eigenvalue weighted by molar-refractivity contribution is 5.89. The largest absolute Gasteiger partial charge is 0.462 e. The van der Waals surface area contributed by atoms with Crippen molar-refractivity contribution in [2.75, 3.05) is 0 Å². The summed E-state index contributed by atoms with van der Waals surface area (Å²) >= 11 is 0. The Balaban J connectivity index is 2.04. The summed E-state index contributed by atoms with van der Waals surface area (Å²) < 4.78 is 35.8. The third kappa shape index (κ3) is 5.10. The average Bonchev–Trinajstić information content (AvgIpc) is 3.45. The molecule has 1 saturated carbocycles. The Bertz CT molecular complexity index is 1180. The van der Waals surface area contributed by atoms with Gasteiger partial charge in [-0.3, -0.25) is 19.2 Å². The number of aliphatic hydroxyl groups excluding tert-OH is 1. The van der Waals surface area contributed by atoms with Crippen LogP contribution in [-0.4, -0.2) is 82.8 Å². The lowest BCUT2D eigenvalue weighted by Gasteiger charge is -2.57. The lowest BCUT2D eigenvalue weighted by molar-refractivity contribution is -0.245. The van der Waals surface area contributed by atoms with Crippen molar-refractivity contribution in [3.8, 4) is 0 Å². The monoisotopic (exact) mass is 594 g/mol. The molecule has 4 rings (SSSR count). The highest BCUT2D eigenvalue weighted by Gasteiger charge is 2.87. The van der Waals surface area contributed by atoms with E-state index in [9.17, 15) is 29.1 Å². The number of hydrogen-bond donors (Lipinski definition) is 1. The van der Waals surface area contributed by atoms with Crippen LogP contribution in [0.3, 0.4) is 0 Å². The second kappa shape index (κ2) is 11.3. The van der Waals surface area contributed by atoms with Gasteiger partial charge in [-0.05, 0) is 32.3 Å². The number of rotatable bonds is 6. The van der Waals surface area contributed by atoms with Gasteiger partial charge in [0.1, 0.15) is 24.4 Å². The van der Waals surface area contributed by atoms with Crippen molar-refractivity contribution in [3.05, 3.63) is 11.6 Å². The fourth-order valence-electron chi connectivity index (χ4n) is 7.54. The topological polar surface area (TPSA) is 164 Å². The summed E-state index contributed by atoms with van der Waals surface area (Å²) in [4.78, 5) is 63.9. The number of carbonyl (C=O) groups is 5. The third-order valence-corrected chi connectivity index (χ3v) is 9.45. The lowest BCUT2D eigenvalue weighted by Crippen LogP contribution is -2.68. The molecule has 12 heteroatoms. The first kappa shape index (κ1) is 31.9. The second-order valence-electron chi connectivity index (χ2n) is 12.5.